The summed E-state index contributed by atoms with van der Waals surface area (Å²) in [5.41, 5.74) is 5.94. The number of sulfonamides is 1. The summed E-state index contributed by atoms with van der Waals surface area (Å²) in [4.78, 5) is 11.5. The van der Waals surface area contributed by atoms with Crippen LogP contribution in [-0.2, 0) is 14.8 Å². The van der Waals surface area contributed by atoms with Crippen LogP contribution in [0.3, 0.4) is 0 Å². The lowest BCUT2D eigenvalue weighted by Crippen LogP contribution is -2.13. The number of nitrogens with one attached hydrogen (secondary N) is 1. The number of nitrogens with two attached hydrogens (primary N) is 1. The lowest BCUT2D eigenvalue weighted by atomic mass is 10.2. The Morgan fingerprint density at radius 3 is 2.41 bits per heavy atom. The summed E-state index contributed by atoms with van der Waals surface area (Å²) in [5, 5.41) is 9.59. The van der Waals surface area contributed by atoms with Crippen LogP contribution in [0.15, 0.2) is 47.4 Å². The SMILES string of the molecule is COC(=O)c1cc(NS(=O)(=O)c2ccc(N)cc2)ccc1O. The molecule has 0 amide bonds. The van der Waals surface area contributed by atoms with Crippen LogP contribution in [-0.4, -0.2) is 26.6 Å². The molecule has 0 bridgehead atoms. The number of esters is 1. The Morgan fingerprint density at radius 2 is 1.82 bits per heavy atom. The van der Waals surface area contributed by atoms with Gasteiger partial charge in [-0.2, -0.15) is 0 Å². The molecule has 0 unspecified atom stereocenters. The highest BCUT2D eigenvalue weighted by atomic mass is 32.2. The van der Waals surface area contributed by atoms with Gasteiger partial charge in [0.25, 0.3) is 10.0 Å². The molecular weight excluding hydrogens is 308 g/mol. The van der Waals surface area contributed by atoms with Gasteiger partial charge in [0.2, 0.25) is 0 Å². The van der Waals surface area contributed by atoms with Crippen molar-refractivity contribution in [3.8, 4) is 5.75 Å². The highest BCUT2D eigenvalue weighted by Crippen LogP contribution is 2.24. The van der Waals surface area contributed by atoms with Crippen LogP contribution < -0.4 is 10.5 Å². The molecule has 2 rings (SSSR count). The lowest BCUT2D eigenvalue weighted by Gasteiger charge is -2.10. The maximum Gasteiger partial charge on any atom is 0.341 e. The Bertz CT molecular complexity index is 800. The van der Waals surface area contributed by atoms with E-state index in [4.69, 9.17) is 5.73 Å². The number of rotatable bonds is 4. The first-order valence-electron chi connectivity index (χ1n) is 6.13. The molecule has 8 heteroatoms. The molecule has 7 nitrogen and oxygen atoms in total. The number of methoxy groups -OCH3 is 1. The maximum absolute atomic E-state index is 12.2. The van der Waals surface area contributed by atoms with Crippen molar-refractivity contribution in [2.24, 2.45) is 0 Å². The molecular formula is C14H14N2O5S. The van der Waals surface area contributed by atoms with Crippen molar-refractivity contribution in [1.82, 2.24) is 0 Å². The number of carbonyl (C=O) groups excluding carboxylic acids is 1. The monoisotopic (exact) mass is 322 g/mol. The third-order valence-electron chi connectivity index (χ3n) is 2.84. The molecule has 0 radical (unpaired) electrons. The molecule has 116 valence electrons. The number of phenolic OH excluding ortho intramolecular Hbond substituents is 1. The van der Waals surface area contributed by atoms with E-state index in [1.165, 1.54) is 42.5 Å². The molecule has 0 aliphatic heterocycles. The van der Waals surface area contributed by atoms with Gasteiger partial charge in [-0.25, -0.2) is 13.2 Å². The minimum absolute atomic E-state index is 0.0226. The number of hydrogen-bond donors (Lipinski definition) is 3. The van der Waals surface area contributed by atoms with E-state index in [2.05, 4.69) is 9.46 Å². The number of benzene rings is 2. The lowest BCUT2D eigenvalue weighted by molar-refractivity contribution is 0.0597. The van der Waals surface area contributed by atoms with Crippen molar-refractivity contribution in [3.05, 3.63) is 48.0 Å². The standard InChI is InChI=1S/C14H14N2O5S/c1-21-14(18)12-8-10(4-7-13(12)17)16-22(19,20)11-5-2-9(15)3-6-11/h2-8,16-17H,15H2,1H3. The highest BCUT2D eigenvalue weighted by Gasteiger charge is 2.17. The summed E-state index contributed by atoms with van der Waals surface area (Å²) < 4.78 is 31.3. The third-order valence-corrected chi connectivity index (χ3v) is 4.24. The number of aromatic hydroxyl groups is 1. The van der Waals surface area contributed by atoms with Gasteiger partial charge in [-0.05, 0) is 42.5 Å². The Kier molecular flexibility index (Phi) is 4.22. The van der Waals surface area contributed by atoms with E-state index in [1.807, 2.05) is 0 Å². The molecule has 0 heterocycles. The molecule has 0 saturated carbocycles. The van der Waals surface area contributed by atoms with Crippen molar-refractivity contribution < 1.29 is 23.1 Å². The van der Waals surface area contributed by atoms with E-state index >= 15 is 0 Å². The van der Waals surface area contributed by atoms with Gasteiger partial charge >= 0.3 is 5.97 Å². The second-order valence-electron chi connectivity index (χ2n) is 4.40. The van der Waals surface area contributed by atoms with Gasteiger partial charge in [-0.3, -0.25) is 4.72 Å². The van der Waals surface area contributed by atoms with Crippen molar-refractivity contribution in [1.29, 1.82) is 0 Å². The number of nitrogen functional groups attached to an aromatic ring is 1. The van der Waals surface area contributed by atoms with Gasteiger partial charge in [-0.15, -0.1) is 0 Å². The predicted octanol–water partition coefficient (Wildman–Crippen LogP) is 1.56. The van der Waals surface area contributed by atoms with E-state index in [0.717, 1.165) is 7.11 Å². The molecule has 0 spiro atoms. The van der Waals surface area contributed by atoms with Crippen molar-refractivity contribution in [2.45, 2.75) is 4.90 Å². The fraction of sp³-hybridized carbons (Fsp3) is 0.0714. The highest BCUT2D eigenvalue weighted by molar-refractivity contribution is 7.92. The summed E-state index contributed by atoms with van der Waals surface area (Å²) in [6.07, 6.45) is 0. The summed E-state index contributed by atoms with van der Waals surface area (Å²) in [7, 11) is -2.67. The number of phenols is 1. The zero-order chi connectivity index (χ0) is 16.3. The van der Waals surface area contributed by atoms with Crippen molar-refractivity contribution >= 4 is 27.4 Å². The topological polar surface area (TPSA) is 119 Å². The quantitative estimate of drug-likeness (QED) is 0.446. The van der Waals surface area contributed by atoms with Crippen LogP contribution in [0.1, 0.15) is 10.4 Å². The molecule has 4 N–H and O–H groups in total. The molecule has 0 fully saturated rings. The van der Waals surface area contributed by atoms with Gasteiger partial charge in [-0.1, -0.05) is 0 Å². The van der Waals surface area contributed by atoms with E-state index < -0.39 is 16.0 Å². The molecule has 0 aliphatic rings. The second-order valence-corrected chi connectivity index (χ2v) is 6.08. The Balaban J connectivity index is 2.34. The van der Waals surface area contributed by atoms with Crippen LogP contribution in [0, 0.1) is 0 Å². The van der Waals surface area contributed by atoms with Gasteiger partial charge in [0.1, 0.15) is 11.3 Å². The molecule has 0 saturated heterocycles. The maximum atomic E-state index is 12.2. The van der Waals surface area contributed by atoms with Crippen molar-refractivity contribution in [3.63, 3.8) is 0 Å². The number of carbonyl (C=O) groups is 1. The molecule has 0 atom stereocenters. The Hall–Kier alpha value is -2.74. The summed E-state index contributed by atoms with van der Waals surface area (Å²) in [5.74, 6) is -1.08. The predicted molar refractivity (Wildman–Crippen MR) is 81.1 cm³/mol. The first-order chi connectivity index (χ1) is 10.3. The van der Waals surface area contributed by atoms with Crippen LogP contribution in [0.5, 0.6) is 5.75 Å². The molecule has 2 aromatic carbocycles. The molecule has 22 heavy (non-hydrogen) atoms. The molecule has 0 aromatic heterocycles. The summed E-state index contributed by atoms with van der Waals surface area (Å²) in [6, 6.07) is 9.37. The average Bonchev–Trinajstić information content (AvgIpc) is 2.48. The third kappa shape index (κ3) is 3.29. The van der Waals surface area contributed by atoms with Gasteiger partial charge in [0.05, 0.1) is 12.0 Å². The number of anilines is 2. The minimum Gasteiger partial charge on any atom is -0.507 e. The zero-order valence-corrected chi connectivity index (χ0v) is 12.4. The largest absolute Gasteiger partial charge is 0.507 e. The zero-order valence-electron chi connectivity index (χ0n) is 11.6. The van der Waals surface area contributed by atoms with Gasteiger partial charge < -0.3 is 15.6 Å². The normalized spacial score (nSPS) is 11.0. The fourth-order valence-electron chi connectivity index (χ4n) is 1.73. The van der Waals surface area contributed by atoms with Gasteiger partial charge in [0.15, 0.2) is 0 Å². The average molecular weight is 322 g/mol. The summed E-state index contributed by atoms with van der Waals surface area (Å²) in [6.45, 7) is 0. The summed E-state index contributed by atoms with van der Waals surface area (Å²) >= 11 is 0. The Labute approximate surface area is 127 Å². The van der Waals surface area contributed by atoms with Crippen LogP contribution in [0.2, 0.25) is 0 Å². The van der Waals surface area contributed by atoms with Gasteiger partial charge in [0, 0.05) is 11.4 Å². The number of ether oxygens (including phenoxy) is 1. The van der Waals surface area contributed by atoms with E-state index in [9.17, 15) is 18.3 Å². The van der Waals surface area contributed by atoms with Crippen LogP contribution in [0.25, 0.3) is 0 Å². The molecule has 0 aliphatic carbocycles. The van der Waals surface area contributed by atoms with Crippen molar-refractivity contribution in [2.75, 3.05) is 17.6 Å². The number of hydrogen-bond acceptors (Lipinski definition) is 6. The van der Waals surface area contributed by atoms with E-state index in [-0.39, 0.29) is 21.9 Å². The van der Waals surface area contributed by atoms with E-state index in [0.29, 0.717) is 5.69 Å². The fourth-order valence-corrected chi connectivity index (χ4v) is 2.78. The van der Waals surface area contributed by atoms with Crippen LogP contribution in [0.4, 0.5) is 11.4 Å². The smallest absolute Gasteiger partial charge is 0.341 e. The minimum atomic E-state index is -3.83. The molecule has 2 aromatic rings. The van der Waals surface area contributed by atoms with E-state index in [1.54, 1.807) is 0 Å². The first kappa shape index (κ1) is 15.6. The first-order valence-corrected chi connectivity index (χ1v) is 7.61. The second kappa shape index (κ2) is 5.94. The Morgan fingerprint density at radius 1 is 1.18 bits per heavy atom. The van der Waals surface area contributed by atoms with Crippen LogP contribution >= 0.6 is 0 Å².